The van der Waals surface area contributed by atoms with Crippen LogP contribution in [0.4, 0.5) is 0 Å². The molecule has 3 rings (SSSR count). The predicted octanol–water partition coefficient (Wildman–Crippen LogP) is 4.76. The highest BCUT2D eigenvalue weighted by molar-refractivity contribution is 6.30. The van der Waals surface area contributed by atoms with Crippen molar-refractivity contribution in [3.05, 3.63) is 64.7 Å². The molecule has 0 bridgehead atoms. The van der Waals surface area contributed by atoms with E-state index in [2.05, 4.69) is 12.2 Å². The van der Waals surface area contributed by atoms with Gasteiger partial charge in [-0.1, -0.05) is 55.6 Å². The largest absolute Gasteiger partial charge is 0.484 e. The molecule has 1 N–H and O–H groups in total. The van der Waals surface area contributed by atoms with Crippen LogP contribution in [-0.2, 0) is 22.6 Å². The van der Waals surface area contributed by atoms with Crippen molar-refractivity contribution in [3.8, 4) is 5.75 Å². The second kappa shape index (κ2) is 11.2. The number of rotatable bonds is 9. The van der Waals surface area contributed by atoms with Crippen molar-refractivity contribution < 1.29 is 14.3 Å². The van der Waals surface area contributed by atoms with Crippen LogP contribution in [0.25, 0.3) is 0 Å². The Bertz CT molecular complexity index is 879. The highest BCUT2D eigenvalue weighted by Crippen LogP contribution is 2.19. The van der Waals surface area contributed by atoms with Gasteiger partial charge in [-0.3, -0.25) is 9.59 Å². The lowest BCUT2D eigenvalue weighted by molar-refractivity contribution is -0.142. The molecule has 0 spiro atoms. The second-order valence-electron chi connectivity index (χ2n) is 8.10. The van der Waals surface area contributed by atoms with Crippen LogP contribution in [0, 0.1) is 0 Å². The van der Waals surface area contributed by atoms with E-state index in [1.165, 1.54) is 5.56 Å². The first-order valence-corrected chi connectivity index (χ1v) is 11.4. The van der Waals surface area contributed by atoms with Crippen molar-refractivity contribution >= 4 is 23.4 Å². The zero-order valence-corrected chi connectivity index (χ0v) is 19.0. The van der Waals surface area contributed by atoms with Gasteiger partial charge in [0.2, 0.25) is 5.91 Å². The number of nitrogens with one attached hydrogen (secondary N) is 1. The van der Waals surface area contributed by atoms with Gasteiger partial charge in [-0.25, -0.2) is 0 Å². The second-order valence-corrected chi connectivity index (χ2v) is 8.54. The Balaban J connectivity index is 1.69. The number of hydrogen-bond acceptors (Lipinski definition) is 3. The highest BCUT2D eigenvalue weighted by Gasteiger charge is 2.28. The summed E-state index contributed by atoms with van der Waals surface area (Å²) >= 11 is 6.12. The predicted molar refractivity (Wildman–Crippen MR) is 123 cm³/mol. The first kappa shape index (κ1) is 23.1. The Kier molecular flexibility index (Phi) is 8.35. The average Bonchev–Trinajstić information content (AvgIpc) is 3.28. The summed E-state index contributed by atoms with van der Waals surface area (Å²) in [6.45, 7) is 4.01. The van der Waals surface area contributed by atoms with Gasteiger partial charge in [0, 0.05) is 17.6 Å². The molecule has 1 aliphatic carbocycles. The lowest BCUT2D eigenvalue weighted by Gasteiger charge is -2.29. The van der Waals surface area contributed by atoms with E-state index in [4.69, 9.17) is 16.3 Å². The fourth-order valence-electron chi connectivity index (χ4n) is 3.86. The molecule has 1 atom stereocenters. The zero-order chi connectivity index (χ0) is 22.2. The lowest BCUT2D eigenvalue weighted by Crippen LogP contribution is -2.50. The van der Waals surface area contributed by atoms with Gasteiger partial charge in [-0.05, 0) is 61.6 Å². The van der Waals surface area contributed by atoms with Crippen molar-refractivity contribution in [1.82, 2.24) is 10.2 Å². The Morgan fingerprint density at radius 3 is 2.48 bits per heavy atom. The van der Waals surface area contributed by atoms with Crippen molar-refractivity contribution in [3.63, 3.8) is 0 Å². The van der Waals surface area contributed by atoms with Crippen LogP contribution in [0.5, 0.6) is 5.75 Å². The molecule has 1 aliphatic rings. The van der Waals surface area contributed by atoms with Crippen LogP contribution in [0.2, 0.25) is 5.02 Å². The third kappa shape index (κ3) is 6.73. The van der Waals surface area contributed by atoms with E-state index in [1.54, 1.807) is 17.9 Å². The number of benzene rings is 2. The quantitative estimate of drug-likeness (QED) is 0.609. The molecule has 0 aromatic heterocycles. The first-order valence-electron chi connectivity index (χ1n) is 11.0. The molecule has 1 fully saturated rings. The summed E-state index contributed by atoms with van der Waals surface area (Å²) in [5.41, 5.74) is 2.08. The number of carbonyl (C=O) groups is 2. The topological polar surface area (TPSA) is 58.6 Å². The number of aryl methyl sites for hydroxylation is 1. The van der Waals surface area contributed by atoms with Crippen LogP contribution in [0.15, 0.2) is 48.5 Å². The van der Waals surface area contributed by atoms with Gasteiger partial charge < -0.3 is 15.0 Å². The summed E-state index contributed by atoms with van der Waals surface area (Å²) in [5, 5.41) is 3.70. The first-order chi connectivity index (χ1) is 15.0. The van der Waals surface area contributed by atoms with Crippen molar-refractivity contribution in [2.75, 3.05) is 6.61 Å². The number of amides is 2. The van der Waals surface area contributed by atoms with Gasteiger partial charge in [-0.15, -0.1) is 0 Å². The molecule has 31 heavy (non-hydrogen) atoms. The van der Waals surface area contributed by atoms with Gasteiger partial charge in [0.05, 0.1) is 0 Å². The Hall–Kier alpha value is -2.53. The molecule has 2 aromatic carbocycles. The van der Waals surface area contributed by atoms with E-state index in [0.29, 0.717) is 10.8 Å². The number of ether oxygens (including phenoxy) is 1. The summed E-state index contributed by atoms with van der Waals surface area (Å²) in [4.78, 5) is 27.5. The standard InChI is InChI=1S/C25H31ClN2O3/c1-3-19-11-13-23(14-12-19)31-17-24(29)28(16-20-7-6-8-21(26)15-20)18(2)25(30)27-22-9-4-5-10-22/h6-8,11-15,18,22H,3-5,9-10,16-17H2,1-2H3,(H,27,30)/t18-/m1/s1. The molecule has 0 aliphatic heterocycles. The maximum Gasteiger partial charge on any atom is 0.261 e. The normalized spacial score (nSPS) is 14.8. The van der Waals surface area contributed by atoms with E-state index in [0.717, 1.165) is 37.7 Å². The number of halogens is 1. The summed E-state index contributed by atoms with van der Waals surface area (Å²) in [6, 6.07) is 14.6. The number of nitrogens with zero attached hydrogens (tertiary/aromatic N) is 1. The maximum atomic E-state index is 13.1. The summed E-state index contributed by atoms with van der Waals surface area (Å²) < 4.78 is 5.72. The summed E-state index contributed by atoms with van der Waals surface area (Å²) in [7, 11) is 0. The van der Waals surface area contributed by atoms with E-state index < -0.39 is 6.04 Å². The fraction of sp³-hybridized carbons (Fsp3) is 0.440. The Labute approximate surface area is 189 Å². The van der Waals surface area contributed by atoms with E-state index in [-0.39, 0.29) is 31.0 Å². The molecule has 2 aromatic rings. The molecule has 6 heteroatoms. The number of hydrogen-bond donors (Lipinski definition) is 1. The van der Waals surface area contributed by atoms with Crippen molar-refractivity contribution in [1.29, 1.82) is 0 Å². The molecule has 0 saturated heterocycles. The van der Waals surface area contributed by atoms with Crippen LogP contribution in [-0.4, -0.2) is 35.4 Å². The SMILES string of the molecule is CCc1ccc(OCC(=O)N(Cc2cccc(Cl)c2)[C@H](C)C(=O)NC2CCCC2)cc1. The van der Waals surface area contributed by atoms with Crippen molar-refractivity contribution in [2.45, 2.75) is 64.6 Å². The smallest absolute Gasteiger partial charge is 0.261 e. The molecular weight excluding hydrogens is 412 g/mol. The van der Waals surface area contributed by atoms with Crippen LogP contribution in [0.3, 0.4) is 0 Å². The van der Waals surface area contributed by atoms with Crippen LogP contribution < -0.4 is 10.1 Å². The Morgan fingerprint density at radius 2 is 1.84 bits per heavy atom. The van der Waals surface area contributed by atoms with Crippen LogP contribution >= 0.6 is 11.6 Å². The van der Waals surface area contributed by atoms with Crippen LogP contribution in [0.1, 0.15) is 50.7 Å². The van der Waals surface area contributed by atoms with E-state index in [1.807, 2.05) is 42.5 Å². The van der Waals surface area contributed by atoms with Gasteiger partial charge in [0.25, 0.3) is 5.91 Å². The summed E-state index contributed by atoms with van der Waals surface area (Å²) in [6.07, 6.45) is 5.21. The molecule has 5 nitrogen and oxygen atoms in total. The number of carbonyl (C=O) groups excluding carboxylic acids is 2. The minimum atomic E-state index is -0.613. The average molecular weight is 443 g/mol. The van der Waals surface area contributed by atoms with Crippen molar-refractivity contribution in [2.24, 2.45) is 0 Å². The molecule has 0 radical (unpaired) electrons. The van der Waals surface area contributed by atoms with Gasteiger partial charge in [-0.2, -0.15) is 0 Å². The van der Waals surface area contributed by atoms with E-state index >= 15 is 0 Å². The summed E-state index contributed by atoms with van der Waals surface area (Å²) in [5.74, 6) is 0.263. The van der Waals surface area contributed by atoms with Gasteiger partial charge in [0.15, 0.2) is 6.61 Å². The zero-order valence-electron chi connectivity index (χ0n) is 18.3. The molecule has 2 amide bonds. The lowest BCUT2D eigenvalue weighted by atomic mass is 10.1. The van der Waals surface area contributed by atoms with E-state index in [9.17, 15) is 9.59 Å². The Morgan fingerprint density at radius 1 is 1.13 bits per heavy atom. The third-order valence-electron chi connectivity index (χ3n) is 5.80. The fourth-order valence-corrected chi connectivity index (χ4v) is 4.07. The maximum absolute atomic E-state index is 13.1. The highest BCUT2D eigenvalue weighted by atomic mass is 35.5. The molecular formula is C25H31ClN2O3. The minimum absolute atomic E-state index is 0.130. The molecule has 1 saturated carbocycles. The molecule has 166 valence electrons. The van der Waals surface area contributed by atoms with Gasteiger partial charge >= 0.3 is 0 Å². The van der Waals surface area contributed by atoms with Gasteiger partial charge in [0.1, 0.15) is 11.8 Å². The third-order valence-corrected chi connectivity index (χ3v) is 6.04. The molecule has 0 unspecified atom stereocenters. The monoisotopic (exact) mass is 442 g/mol. The molecule has 0 heterocycles. The minimum Gasteiger partial charge on any atom is -0.484 e.